The number of benzene rings is 2. The largest absolute Gasteiger partial charge is 0.489 e. The monoisotopic (exact) mass is 308 g/mol. The second-order valence-corrected chi connectivity index (χ2v) is 4.94. The molecule has 2 aromatic carbocycles. The van der Waals surface area contributed by atoms with Gasteiger partial charge in [0.2, 0.25) is 0 Å². The number of para-hydroxylation sites is 1. The molecule has 0 saturated carbocycles. The Morgan fingerprint density at radius 3 is 2.67 bits per heavy atom. The Morgan fingerprint density at radius 2 is 1.94 bits per heavy atom. The third kappa shape index (κ3) is 3.33. The summed E-state index contributed by atoms with van der Waals surface area (Å²) in [6.07, 6.45) is 0.920. The minimum absolute atomic E-state index is 0.258. The number of hydrogen-bond donors (Lipinski definition) is 0. The maximum atomic E-state index is 13.2. The van der Waals surface area contributed by atoms with Crippen molar-refractivity contribution in [3.05, 3.63) is 63.9 Å². The lowest BCUT2D eigenvalue weighted by Gasteiger charge is -2.10. The van der Waals surface area contributed by atoms with Crippen LogP contribution in [-0.4, -0.2) is 0 Å². The molecule has 0 bridgehead atoms. The first kappa shape index (κ1) is 13.1. The van der Waals surface area contributed by atoms with Crippen molar-refractivity contribution in [1.29, 1.82) is 0 Å². The van der Waals surface area contributed by atoms with Gasteiger partial charge < -0.3 is 4.74 Å². The molecule has 0 heterocycles. The van der Waals surface area contributed by atoms with E-state index in [-0.39, 0.29) is 5.82 Å². The quantitative estimate of drug-likeness (QED) is 0.793. The molecular formula is C15H14BrFO. The first-order valence-corrected chi connectivity index (χ1v) is 6.64. The first-order chi connectivity index (χ1) is 8.69. The summed E-state index contributed by atoms with van der Waals surface area (Å²) in [5.41, 5.74) is 1.97. The van der Waals surface area contributed by atoms with Crippen molar-refractivity contribution >= 4 is 15.9 Å². The highest BCUT2D eigenvalue weighted by Gasteiger charge is 2.03. The molecule has 94 valence electrons. The Hall–Kier alpha value is -1.35. The molecule has 2 rings (SSSR count). The SMILES string of the molecule is CCc1ccccc1OCc1cc(F)cc(Br)c1. The summed E-state index contributed by atoms with van der Waals surface area (Å²) in [5, 5.41) is 0. The van der Waals surface area contributed by atoms with E-state index in [4.69, 9.17) is 4.74 Å². The van der Waals surface area contributed by atoms with Crippen molar-refractivity contribution in [2.45, 2.75) is 20.0 Å². The molecule has 3 heteroatoms. The van der Waals surface area contributed by atoms with Crippen LogP contribution in [0.1, 0.15) is 18.1 Å². The molecule has 0 unspecified atom stereocenters. The number of hydrogen-bond acceptors (Lipinski definition) is 1. The summed E-state index contributed by atoms with van der Waals surface area (Å²) < 4.78 is 19.7. The van der Waals surface area contributed by atoms with E-state index in [9.17, 15) is 4.39 Å². The van der Waals surface area contributed by atoms with Crippen LogP contribution < -0.4 is 4.74 Å². The molecule has 0 aliphatic heterocycles. The topological polar surface area (TPSA) is 9.23 Å². The van der Waals surface area contributed by atoms with Crippen LogP contribution in [0.3, 0.4) is 0 Å². The molecule has 0 N–H and O–H groups in total. The van der Waals surface area contributed by atoms with Gasteiger partial charge in [0, 0.05) is 4.47 Å². The standard InChI is InChI=1S/C15H14BrFO/c1-2-12-5-3-4-6-15(12)18-10-11-7-13(16)9-14(17)8-11/h3-9H,2,10H2,1H3. The number of halogens is 2. The molecule has 0 atom stereocenters. The predicted molar refractivity (Wildman–Crippen MR) is 74.3 cm³/mol. The molecule has 18 heavy (non-hydrogen) atoms. The van der Waals surface area contributed by atoms with Crippen molar-refractivity contribution in [3.8, 4) is 5.75 Å². The van der Waals surface area contributed by atoms with Crippen LogP contribution in [0.15, 0.2) is 46.9 Å². The fourth-order valence-corrected chi connectivity index (χ4v) is 2.30. The molecule has 0 spiro atoms. The molecule has 0 saturated heterocycles. The third-order valence-electron chi connectivity index (χ3n) is 2.67. The van der Waals surface area contributed by atoms with E-state index in [0.29, 0.717) is 6.61 Å². The van der Waals surface area contributed by atoms with Crippen LogP contribution >= 0.6 is 15.9 Å². The molecule has 1 nitrogen and oxygen atoms in total. The molecule has 0 fully saturated rings. The van der Waals surface area contributed by atoms with Gasteiger partial charge in [0.15, 0.2) is 0 Å². The van der Waals surface area contributed by atoms with E-state index in [1.54, 1.807) is 0 Å². The fourth-order valence-electron chi connectivity index (χ4n) is 1.79. The second kappa shape index (κ2) is 6.01. The van der Waals surface area contributed by atoms with Crippen molar-refractivity contribution in [1.82, 2.24) is 0 Å². The van der Waals surface area contributed by atoms with Gasteiger partial charge in [-0.3, -0.25) is 0 Å². The normalized spacial score (nSPS) is 10.4. The highest BCUT2D eigenvalue weighted by molar-refractivity contribution is 9.10. The smallest absolute Gasteiger partial charge is 0.124 e. The molecule has 0 aliphatic rings. The summed E-state index contributed by atoms with van der Waals surface area (Å²) >= 11 is 3.27. The zero-order valence-electron chi connectivity index (χ0n) is 10.1. The molecule has 0 amide bonds. The van der Waals surface area contributed by atoms with Gasteiger partial charge >= 0.3 is 0 Å². The Labute approximate surface area is 115 Å². The van der Waals surface area contributed by atoms with Crippen LogP contribution in [0.25, 0.3) is 0 Å². The van der Waals surface area contributed by atoms with Crippen molar-refractivity contribution in [2.75, 3.05) is 0 Å². The van der Waals surface area contributed by atoms with Crippen molar-refractivity contribution in [3.63, 3.8) is 0 Å². The molecular weight excluding hydrogens is 295 g/mol. The van der Waals surface area contributed by atoms with E-state index in [0.717, 1.165) is 27.8 Å². The minimum atomic E-state index is -0.258. The van der Waals surface area contributed by atoms with Crippen molar-refractivity contribution < 1.29 is 9.13 Å². The average Bonchev–Trinajstić information content (AvgIpc) is 2.35. The van der Waals surface area contributed by atoms with Crippen LogP contribution in [0, 0.1) is 5.82 Å². The van der Waals surface area contributed by atoms with E-state index in [1.165, 1.54) is 12.1 Å². The lowest BCUT2D eigenvalue weighted by atomic mass is 10.1. The van der Waals surface area contributed by atoms with E-state index < -0.39 is 0 Å². The van der Waals surface area contributed by atoms with E-state index >= 15 is 0 Å². The molecule has 0 aliphatic carbocycles. The third-order valence-corrected chi connectivity index (χ3v) is 3.13. The zero-order valence-corrected chi connectivity index (χ0v) is 11.7. The summed E-state index contributed by atoms with van der Waals surface area (Å²) in [6.45, 7) is 2.45. The average molecular weight is 309 g/mol. The molecule has 0 radical (unpaired) electrons. The minimum Gasteiger partial charge on any atom is -0.489 e. The summed E-state index contributed by atoms with van der Waals surface area (Å²) in [5.74, 6) is 0.604. The second-order valence-electron chi connectivity index (χ2n) is 4.03. The molecule has 2 aromatic rings. The number of ether oxygens (including phenoxy) is 1. The Kier molecular flexibility index (Phi) is 4.37. The van der Waals surface area contributed by atoms with Gasteiger partial charge in [-0.15, -0.1) is 0 Å². The van der Waals surface area contributed by atoms with Crippen LogP contribution in [0.4, 0.5) is 4.39 Å². The maximum Gasteiger partial charge on any atom is 0.124 e. The lowest BCUT2D eigenvalue weighted by molar-refractivity contribution is 0.302. The van der Waals surface area contributed by atoms with E-state index in [1.807, 2.05) is 30.3 Å². The maximum absolute atomic E-state index is 13.2. The van der Waals surface area contributed by atoms with Gasteiger partial charge in [-0.2, -0.15) is 0 Å². The Balaban J connectivity index is 2.11. The van der Waals surface area contributed by atoms with Gasteiger partial charge in [0.1, 0.15) is 18.2 Å². The van der Waals surface area contributed by atoms with Gasteiger partial charge in [-0.25, -0.2) is 4.39 Å². The van der Waals surface area contributed by atoms with E-state index in [2.05, 4.69) is 22.9 Å². The lowest BCUT2D eigenvalue weighted by Crippen LogP contribution is -1.98. The van der Waals surface area contributed by atoms with Gasteiger partial charge in [-0.05, 0) is 41.8 Å². The zero-order chi connectivity index (χ0) is 13.0. The van der Waals surface area contributed by atoms with Gasteiger partial charge in [0.05, 0.1) is 0 Å². The summed E-state index contributed by atoms with van der Waals surface area (Å²) in [6, 6.07) is 12.7. The van der Waals surface area contributed by atoms with Crippen molar-refractivity contribution in [2.24, 2.45) is 0 Å². The predicted octanol–water partition coefficient (Wildman–Crippen LogP) is 4.73. The number of rotatable bonds is 4. The fraction of sp³-hybridized carbons (Fsp3) is 0.200. The summed E-state index contributed by atoms with van der Waals surface area (Å²) in [7, 11) is 0. The Morgan fingerprint density at radius 1 is 1.17 bits per heavy atom. The highest BCUT2D eigenvalue weighted by atomic mass is 79.9. The van der Waals surface area contributed by atoms with Crippen LogP contribution in [-0.2, 0) is 13.0 Å². The first-order valence-electron chi connectivity index (χ1n) is 5.84. The summed E-state index contributed by atoms with van der Waals surface area (Å²) in [4.78, 5) is 0. The number of aryl methyl sites for hydroxylation is 1. The van der Waals surface area contributed by atoms with Gasteiger partial charge in [0.25, 0.3) is 0 Å². The van der Waals surface area contributed by atoms with Gasteiger partial charge in [-0.1, -0.05) is 41.1 Å². The van der Waals surface area contributed by atoms with Crippen LogP contribution in [0.5, 0.6) is 5.75 Å². The van der Waals surface area contributed by atoms with Crippen LogP contribution in [0.2, 0.25) is 0 Å². The molecule has 0 aromatic heterocycles. The highest BCUT2D eigenvalue weighted by Crippen LogP contribution is 2.21. The Bertz CT molecular complexity index is 520.